The van der Waals surface area contributed by atoms with E-state index in [1.165, 1.54) is 0 Å². The Labute approximate surface area is 122 Å². The van der Waals surface area contributed by atoms with Gasteiger partial charge in [-0.1, -0.05) is 6.42 Å². The number of aromatic amines is 1. The summed E-state index contributed by atoms with van der Waals surface area (Å²) < 4.78 is 0. The predicted octanol–water partition coefficient (Wildman–Crippen LogP) is 1.07. The molecule has 0 amide bonds. The van der Waals surface area contributed by atoms with Gasteiger partial charge < -0.3 is 20.7 Å². The van der Waals surface area contributed by atoms with E-state index in [1.807, 2.05) is 0 Å². The van der Waals surface area contributed by atoms with Gasteiger partial charge in [-0.2, -0.15) is 9.97 Å². The normalized spacial score (nSPS) is 29.6. The van der Waals surface area contributed by atoms with Gasteiger partial charge in [-0.05, 0) is 25.7 Å². The van der Waals surface area contributed by atoms with Crippen molar-refractivity contribution in [1.82, 2.24) is 19.9 Å². The average molecular weight is 288 g/mol. The Morgan fingerprint density at radius 3 is 3.00 bits per heavy atom. The minimum atomic E-state index is -0.197. The quantitative estimate of drug-likeness (QED) is 0.725. The molecule has 0 radical (unpaired) electrons. The SMILES string of the molecule is Nc1nc(N2CCC[C@@]3(CCC[C@H]3O)C2)c2[nH]cnc2n1. The third kappa shape index (κ3) is 1.95. The van der Waals surface area contributed by atoms with E-state index in [0.717, 1.165) is 56.5 Å². The summed E-state index contributed by atoms with van der Waals surface area (Å²) in [6.07, 6.45) is 6.70. The van der Waals surface area contributed by atoms with Crippen molar-refractivity contribution in [2.45, 2.75) is 38.2 Å². The summed E-state index contributed by atoms with van der Waals surface area (Å²) >= 11 is 0. The van der Waals surface area contributed by atoms with Crippen molar-refractivity contribution in [1.29, 1.82) is 0 Å². The molecule has 4 N–H and O–H groups in total. The van der Waals surface area contributed by atoms with Crippen LogP contribution in [0.25, 0.3) is 11.2 Å². The van der Waals surface area contributed by atoms with Gasteiger partial charge in [0.15, 0.2) is 11.5 Å². The third-order valence-electron chi connectivity index (χ3n) is 5.05. The number of nitrogens with two attached hydrogens (primary N) is 1. The van der Waals surface area contributed by atoms with E-state index in [9.17, 15) is 5.11 Å². The molecule has 112 valence electrons. The van der Waals surface area contributed by atoms with Crippen molar-refractivity contribution >= 4 is 22.9 Å². The van der Waals surface area contributed by atoms with Gasteiger partial charge in [0.25, 0.3) is 0 Å². The van der Waals surface area contributed by atoms with Gasteiger partial charge >= 0.3 is 0 Å². The van der Waals surface area contributed by atoms with Crippen molar-refractivity contribution in [2.75, 3.05) is 23.7 Å². The summed E-state index contributed by atoms with van der Waals surface area (Å²) in [4.78, 5) is 18.1. The molecule has 2 fully saturated rings. The number of hydrogen-bond acceptors (Lipinski definition) is 6. The fourth-order valence-corrected chi connectivity index (χ4v) is 4.00. The number of aliphatic hydroxyl groups is 1. The van der Waals surface area contributed by atoms with E-state index in [-0.39, 0.29) is 17.5 Å². The number of nitrogen functional groups attached to an aromatic ring is 1. The second-order valence-electron chi connectivity index (χ2n) is 6.30. The molecule has 1 saturated heterocycles. The lowest BCUT2D eigenvalue weighted by molar-refractivity contribution is 0.0408. The molecule has 4 rings (SSSR count). The van der Waals surface area contributed by atoms with Crippen LogP contribution in [-0.2, 0) is 0 Å². The molecule has 21 heavy (non-hydrogen) atoms. The summed E-state index contributed by atoms with van der Waals surface area (Å²) in [6.45, 7) is 1.76. The van der Waals surface area contributed by atoms with E-state index >= 15 is 0 Å². The van der Waals surface area contributed by atoms with Gasteiger partial charge in [-0.15, -0.1) is 0 Å². The number of hydrogen-bond donors (Lipinski definition) is 3. The lowest BCUT2D eigenvalue weighted by Crippen LogP contribution is -2.47. The van der Waals surface area contributed by atoms with Crippen molar-refractivity contribution in [2.24, 2.45) is 5.41 Å². The summed E-state index contributed by atoms with van der Waals surface area (Å²) in [7, 11) is 0. The van der Waals surface area contributed by atoms with Crippen LogP contribution in [0.1, 0.15) is 32.1 Å². The van der Waals surface area contributed by atoms with Gasteiger partial charge in [0, 0.05) is 18.5 Å². The Morgan fingerprint density at radius 1 is 1.33 bits per heavy atom. The van der Waals surface area contributed by atoms with Gasteiger partial charge in [-0.3, -0.25) is 0 Å². The first-order valence-electron chi connectivity index (χ1n) is 7.58. The zero-order valence-electron chi connectivity index (χ0n) is 11.9. The van der Waals surface area contributed by atoms with Crippen LogP contribution in [0.3, 0.4) is 0 Å². The van der Waals surface area contributed by atoms with Crippen molar-refractivity contribution in [3.8, 4) is 0 Å². The summed E-state index contributed by atoms with van der Waals surface area (Å²) in [5.41, 5.74) is 7.26. The zero-order chi connectivity index (χ0) is 14.4. The van der Waals surface area contributed by atoms with E-state index in [0.29, 0.717) is 5.65 Å². The number of aromatic nitrogens is 4. The summed E-state index contributed by atoms with van der Waals surface area (Å²) in [5.74, 6) is 1.06. The Kier molecular flexibility index (Phi) is 2.78. The van der Waals surface area contributed by atoms with E-state index in [1.54, 1.807) is 6.33 Å². The van der Waals surface area contributed by atoms with Crippen LogP contribution in [0.15, 0.2) is 6.33 Å². The molecule has 3 heterocycles. The lowest BCUT2D eigenvalue weighted by atomic mass is 9.76. The third-order valence-corrected chi connectivity index (χ3v) is 5.05. The minimum Gasteiger partial charge on any atom is -0.392 e. The number of nitrogens with one attached hydrogen (secondary N) is 1. The van der Waals surface area contributed by atoms with Crippen LogP contribution in [0.5, 0.6) is 0 Å². The largest absolute Gasteiger partial charge is 0.392 e. The minimum absolute atomic E-state index is 0.0182. The Hall–Kier alpha value is -1.89. The Morgan fingerprint density at radius 2 is 2.19 bits per heavy atom. The van der Waals surface area contributed by atoms with E-state index < -0.39 is 0 Å². The highest BCUT2D eigenvalue weighted by Crippen LogP contribution is 2.46. The molecule has 1 aliphatic heterocycles. The summed E-state index contributed by atoms with van der Waals surface area (Å²) in [6, 6.07) is 0. The number of piperidine rings is 1. The zero-order valence-corrected chi connectivity index (χ0v) is 11.9. The molecule has 0 aromatic carbocycles. The predicted molar refractivity (Wildman–Crippen MR) is 79.8 cm³/mol. The Bertz CT molecular complexity index is 671. The van der Waals surface area contributed by atoms with E-state index in [4.69, 9.17) is 5.73 Å². The van der Waals surface area contributed by atoms with Crippen LogP contribution in [0.2, 0.25) is 0 Å². The molecule has 7 nitrogen and oxygen atoms in total. The fraction of sp³-hybridized carbons (Fsp3) is 0.643. The topological polar surface area (TPSA) is 104 Å². The molecule has 1 aliphatic carbocycles. The second kappa shape index (κ2) is 4.56. The van der Waals surface area contributed by atoms with Crippen molar-refractivity contribution < 1.29 is 5.11 Å². The van der Waals surface area contributed by atoms with Crippen LogP contribution >= 0.6 is 0 Å². The maximum Gasteiger partial charge on any atom is 0.224 e. The van der Waals surface area contributed by atoms with Crippen LogP contribution in [-0.4, -0.2) is 44.2 Å². The molecular formula is C14H20N6O. The smallest absolute Gasteiger partial charge is 0.224 e. The first-order valence-corrected chi connectivity index (χ1v) is 7.58. The lowest BCUT2D eigenvalue weighted by Gasteiger charge is -2.43. The molecule has 0 bridgehead atoms. The van der Waals surface area contributed by atoms with Gasteiger partial charge in [-0.25, -0.2) is 4.98 Å². The number of imidazole rings is 1. The maximum atomic E-state index is 10.4. The number of fused-ring (bicyclic) bond motifs is 1. The molecule has 0 unspecified atom stereocenters. The molecule has 1 spiro atoms. The number of aliphatic hydroxyl groups excluding tert-OH is 1. The molecule has 1 saturated carbocycles. The standard InChI is InChI=1S/C14H20N6O/c15-13-18-11-10(16-8-17-11)12(19-13)20-6-2-5-14(7-20)4-1-3-9(14)21/h8-9,21H,1-7H2,(H3,15,16,17,18,19)/t9-,14+/m1/s1. The van der Waals surface area contributed by atoms with Gasteiger partial charge in [0.05, 0.1) is 12.4 Å². The second-order valence-corrected chi connectivity index (χ2v) is 6.30. The first-order chi connectivity index (χ1) is 10.2. The molecule has 2 aromatic heterocycles. The van der Waals surface area contributed by atoms with Gasteiger partial charge in [0.1, 0.15) is 5.52 Å². The monoisotopic (exact) mass is 288 g/mol. The van der Waals surface area contributed by atoms with Crippen molar-refractivity contribution in [3.05, 3.63) is 6.33 Å². The van der Waals surface area contributed by atoms with Crippen LogP contribution in [0.4, 0.5) is 11.8 Å². The van der Waals surface area contributed by atoms with Crippen LogP contribution < -0.4 is 10.6 Å². The number of H-pyrrole nitrogens is 1. The molecule has 2 atom stereocenters. The highest BCUT2D eigenvalue weighted by atomic mass is 16.3. The van der Waals surface area contributed by atoms with Crippen molar-refractivity contribution in [3.63, 3.8) is 0 Å². The Balaban J connectivity index is 1.73. The molecule has 7 heteroatoms. The maximum absolute atomic E-state index is 10.4. The average Bonchev–Trinajstić information content (AvgIpc) is 3.06. The first kappa shape index (κ1) is 12.8. The highest BCUT2D eigenvalue weighted by Gasteiger charge is 2.45. The van der Waals surface area contributed by atoms with E-state index in [2.05, 4.69) is 24.8 Å². The summed E-state index contributed by atoms with van der Waals surface area (Å²) in [5, 5.41) is 10.4. The number of nitrogens with zero attached hydrogens (tertiary/aromatic N) is 4. The highest BCUT2D eigenvalue weighted by molar-refractivity contribution is 5.84. The number of anilines is 2. The van der Waals surface area contributed by atoms with Crippen LogP contribution in [0, 0.1) is 5.41 Å². The molecule has 2 aromatic rings. The molecular weight excluding hydrogens is 268 g/mol. The number of rotatable bonds is 1. The van der Waals surface area contributed by atoms with Gasteiger partial charge in [0.2, 0.25) is 5.95 Å². The molecule has 2 aliphatic rings. The fourth-order valence-electron chi connectivity index (χ4n) is 4.00.